The first-order valence-electron chi connectivity index (χ1n) is 7.33. The lowest BCUT2D eigenvalue weighted by molar-refractivity contribution is -0.116. The minimum absolute atomic E-state index is 0.170. The summed E-state index contributed by atoms with van der Waals surface area (Å²) in [5.74, 6) is -0.375. The van der Waals surface area contributed by atoms with Crippen LogP contribution in [0.2, 0.25) is 0 Å². The van der Waals surface area contributed by atoms with Gasteiger partial charge in [0.15, 0.2) is 0 Å². The number of rotatable bonds is 6. The highest BCUT2D eigenvalue weighted by Gasteiger charge is 2.22. The fraction of sp³-hybridized carbons (Fsp3) is 0.235. The van der Waals surface area contributed by atoms with Crippen molar-refractivity contribution in [3.63, 3.8) is 0 Å². The van der Waals surface area contributed by atoms with Crippen molar-refractivity contribution in [2.24, 2.45) is 0 Å². The molecule has 0 bridgehead atoms. The van der Waals surface area contributed by atoms with E-state index in [2.05, 4.69) is 5.32 Å². The fourth-order valence-corrected chi connectivity index (χ4v) is 3.28. The van der Waals surface area contributed by atoms with Crippen LogP contribution in [0.4, 0.5) is 5.69 Å². The number of anilines is 1. The lowest BCUT2D eigenvalue weighted by atomic mass is 10.1. The monoisotopic (exact) mass is 332 g/mol. The molecule has 0 aromatic heterocycles. The van der Waals surface area contributed by atoms with Crippen molar-refractivity contribution in [3.8, 4) is 0 Å². The molecule has 23 heavy (non-hydrogen) atoms. The second-order valence-corrected chi connectivity index (χ2v) is 7.22. The Bertz CT molecular complexity index is 773. The summed E-state index contributed by atoms with van der Waals surface area (Å²) in [7, 11) is -2.27. The predicted molar refractivity (Wildman–Crippen MR) is 90.7 cm³/mol. The van der Waals surface area contributed by atoms with Crippen LogP contribution < -0.4 is 5.32 Å². The molecule has 0 saturated carbocycles. The van der Waals surface area contributed by atoms with Crippen LogP contribution in [-0.2, 0) is 21.2 Å². The summed E-state index contributed by atoms with van der Waals surface area (Å²) >= 11 is 0. The third-order valence-corrected chi connectivity index (χ3v) is 5.25. The molecule has 0 spiro atoms. The molecule has 0 saturated heterocycles. The van der Waals surface area contributed by atoms with Gasteiger partial charge in [-0.1, -0.05) is 37.3 Å². The van der Waals surface area contributed by atoms with E-state index in [1.54, 1.807) is 24.3 Å². The van der Waals surface area contributed by atoms with Crippen LogP contribution in [0.5, 0.6) is 0 Å². The van der Waals surface area contributed by atoms with Gasteiger partial charge in [0.1, 0.15) is 0 Å². The normalized spacial score (nSPS) is 11.4. The van der Waals surface area contributed by atoms with Crippen molar-refractivity contribution < 1.29 is 13.2 Å². The summed E-state index contributed by atoms with van der Waals surface area (Å²) in [4.78, 5) is 12.3. The van der Waals surface area contributed by atoms with Gasteiger partial charge in [0.2, 0.25) is 15.9 Å². The number of amides is 1. The first kappa shape index (κ1) is 17.2. The van der Waals surface area contributed by atoms with Gasteiger partial charge >= 0.3 is 0 Å². The molecule has 1 N–H and O–H groups in total. The Balaban J connectivity index is 2.05. The zero-order chi connectivity index (χ0) is 16.9. The maximum absolute atomic E-state index is 12.4. The standard InChI is InChI=1S/C17H20N2O3S/c1-3-14-8-7-9-15(12-14)18-17(20)13-19(2)23(21,22)16-10-5-4-6-11-16/h4-12H,3,13H2,1-2H3,(H,18,20). The highest BCUT2D eigenvalue weighted by atomic mass is 32.2. The van der Waals surface area contributed by atoms with Gasteiger partial charge in [0.25, 0.3) is 0 Å². The molecule has 6 heteroatoms. The number of aryl methyl sites for hydroxylation is 1. The number of nitrogens with one attached hydrogen (secondary N) is 1. The second-order valence-electron chi connectivity index (χ2n) is 5.18. The van der Waals surface area contributed by atoms with E-state index in [9.17, 15) is 13.2 Å². The van der Waals surface area contributed by atoms with Crippen LogP contribution in [0.25, 0.3) is 0 Å². The van der Waals surface area contributed by atoms with Crippen molar-refractivity contribution >= 4 is 21.6 Å². The Hall–Kier alpha value is -2.18. The van der Waals surface area contributed by atoms with Gasteiger partial charge in [-0.3, -0.25) is 4.79 Å². The maximum Gasteiger partial charge on any atom is 0.243 e. The summed E-state index contributed by atoms with van der Waals surface area (Å²) < 4.78 is 25.8. The van der Waals surface area contributed by atoms with Gasteiger partial charge in [-0.2, -0.15) is 4.31 Å². The van der Waals surface area contributed by atoms with Gasteiger partial charge in [-0.05, 0) is 36.2 Å². The predicted octanol–water partition coefficient (Wildman–Crippen LogP) is 2.51. The fourth-order valence-electron chi connectivity index (χ4n) is 2.13. The molecule has 0 unspecified atom stereocenters. The molecule has 122 valence electrons. The topological polar surface area (TPSA) is 66.5 Å². The number of carbonyl (C=O) groups excluding carboxylic acids is 1. The number of nitrogens with zero attached hydrogens (tertiary/aromatic N) is 1. The van der Waals surface area contributed by atoms with E-state index in [4.69, 9.17) is 0 Å². The molecule has 5 nitrogen and oxygen atoms in total. The van der Waals surface area contributed by atoms with Gasteiger partial charge in [-0.25, -0.2) is 8.42 Å². The van der Waals surface area contributed by atoms with E-state index >= 15 is 0 Å². The summed E-state index contributed by atoms with van der Waals surface area (Å²) in [6.07, 6.45) is 0.867. The maximum atomic E-state index is 12.4. The molecule has 0 aliphatic carbocycles. The van der Waals surface area contributed by atoms with E-state index in [0.29, 0.717) is 5.69 Å². The molecular weight excluding hydrogens is 312 g/mol. The van der Waals surface area contributed by atoms with Crippen molar-refractivity contribution in [3.05, 3.63) is 60.2 Å². The number of hydrogen-bond donors (Lipinski definition) is 1. The van der Waals surface area contributed by atoms with E-state index in [-0.39, 0.29) is 17.3 Å². The highest BCUT2D eigenvalue weighted by Crippen LogP contribution is 2.14. The molecule has 0 radical (unpaired) electrons. The number of hydrogen-bond acceptors (Lipinski definition) is 3. The van der Waals surface area contributed by atoms with Gasteiger partial charge in [-0.15, -0.1) is 0 Å². The molecule has 0 atom stereocenters. The molecule has 2 rings (SSSR count). The van der Waals surface area contributed by atoms with Crippen molar-refractivity contribution in [2.45, 2.75) is 18.2 Å². The van der Waals surface area contributed by atoms with Crippen molar-refractivity contribution in [1.29, 1.82) is 0 Å². The smallest absolute Gasteiger partial charge is 0.243 e. The lowest BCUT2D eigenvalue weighted by Gasteiger charge is -2.17. The quantitative estimate of drug-likeness (QED) is 0.884. The Kier molecular flexibility index (Phi) is 5.52. The zero-order valence-electron chi connectivity index (χ0n) is 13.2. The van der Waals surface area contributed by atoms with E-state index in [1.807, 2.05) is 25.1 Å². The summed E-state index contributed by atoms with van der Waals surface area (Å²) in [6.45, 7) is 1.79. The molecular formula is C17H20N2O3S. The van der Waals surface area contributed by atoms with Gasteiger partial charge in [0, 0.05) is 12.7 Å². The van der Waals surface area contributed by atoms with Crippen LogP contribution in [0.1, 0.15) is 12.5 Å². The molecule has 0 heterocycles. The summed E-state index contributed by atoms with van der Waals surface area (Å²) in [5, 5.41) is 2.73. The van der Waals surface area contributed by atoms with Crippen LogP contribution in [0, 0.1) is 0 Å². The zero-order valence-corrected chi connectivity index (χ0v) is 14.0. The number of likely N-dealkylation sites (N-methyl/N-ethyl adjacent to an activating group) is 1. The third kappa shape index (κ3) is 4.40. The molecule has 0 fully saturated rings. The largest absolute Gasteiger partial charge is 0.325 e. The summed E-state index contributed by atoms with van der Waals surface area (Å²) in [5.41, 5.74) is 1.77. The van der Waals surface area contributed by atoms with Crippen molar-refractivity contribution in [1.82, 2.24) is 4.31 Å². The number of sulfonamides is 1. The molecule has 0 aliphatic rings. The average Bonchev–Trinajstić information content (AvgIpc) is 2.55. The average molecular weight is 332 g/mol. The number of benzene rings is 2. The molecule has 2 aromatic rings. The summed E-state index contributed by atoms with van der Waals surface area (Å²) in [6, 6.07) is 15.6. The SMILES string of the molecule is CCc1cccc(NC(=O)CN(C)S(=O)(=O)c2ccccc2)c1. The molecule has 1 amide bonds. The number of carbonyl (C=O) groups is 1. The second kappa shape index (κ2) is 7.39. The van der Waals surface area contributed by atoms with E-state index in [1.165, 1.54) is 19.2 Å². The van der Waals surface area contributed by atoms with Crippen LogP contribution in [0.3, 0.4) is 0 Å². The van der Waals surface area contributed by atoms with Gasteiger partial charge < -0.3 is 5.32 Å². The first-order valence-corrected chi connectivity index (χ1v) is 8.77. The molecule has 0 aliphatic heterocycles. The van der Waals surface area contributed by atoms with Crippen LogP contribution in [-0.4, -0.2) is 32.2 Å². The van der Waals surface area contributed by atoms with E-state index < -0.39 is 10.0 Å². The first-order chi connectivity index (χ1) is 10.9. The highest BCUT2D eigenvalue weighted by molar-refractivity contribution is 7.89. The minimum atomic E-state index is -3.67. The third-order valence-electron chi connectivity index (χ3n) is 3.44. The van der Waals surface area contributed by atoms with E-state index in [0.717, 1.165) is 16.3 Å². The van der Waals surface area contributed by atoms with Crippen molar-refractivity contribution in [2.75, 3.05) is 18.9 Å². The Morgan fingerprint density at radius 3 is 2.43 bits per heavy atom. The van der Waals surface area contributed by atoms with Gasteiger partial charge in [0.05, 0.1) is 11.4 Å². The minimum Gasteiger partial charge on any atom is -0.325 e. The molecule has 2 aromatic carbocycles. The Morgan fingerprint density at radius 2 is 1.78 bits per heavy atom. The Morgan fingerprint density at radius 1 is 1.09 bits per heavy atom. The Labute approximate surface area is 137 Å². The van der Waals surface area contributed by atoms with Crippen LogP contribution >= 0.6 is 0 Å². The van der Waals surface area contributed by atoms with Crippen LogP contribution in [0.15, 0.2) is 59.5 Å². The lowest BCUT2D eigenvalue weighted by Crippen LogP contribution is -2.34.